The van der Waals surface area contributed by atoms with E-state index in [1.807, 2.05) is 4.72 Å². The number of carboxylic acid groups (broad SMARTS) is 1. The minimum absolute atomic E-state index is 0.579. The number of carboxylic acids is 1. The molecule has 8 nitrogen and oxygen atoms in total. The van der Waals surface area contributed by atoms with Crippen molar-refractivity contribution in [1.29, 1.82) is 0 Å². The summed E-state index contributed by atoms with van der Waals surface area (Å²) in [5.41, 5.74) is -0.587. The molecule has 116 valence electrons. The lowest BCUT2D eigenvalue weighted by molar-refractivity contribution is -0.385. The molecule has 0 heterocycles. The van der Waals surface area contributed by atoms with Crippen LogP contribution < -0.4 is 4.72 Å². The molecule has 21 heavy (non-hydrogen) atoms. The Bertz CT molecular complexity index is 675. The molecule has 2 atom stereocenters. The Kier molecular flexibility index (Phi) is 4.97. The predicted octanol–water partition coefficient (Wildman–Crippen LogP) is 1.12. The van der Waals surface area contributed by atoms with Crippen LogP contribution in [0.15, 0.2) is 23.1 Å². The lowest BCUT2D eigenvalue weighted by Crippen LogP contribution is -2.40. The molecule has 0 saturated carbocycles. The quantitative estimate of drug-likeness (QED) is 0.597. The van der Waals surface area contributed by atoms with Crippen LogP contribution >= 0.6 is 0 Å². The second-order valence-electron chi connectivity index (χ2n) is 4.41. The van der Waals surface area contributed by atoms with Crippen LogP contribution in [0.2, 0.25) is 0 Å². The Morgan fingerprint density at radius 3 is 2.48 bits per heavy atom. The predicted molar refractivity (Wildman–Crippen MR) is 69.6 cm³/mol. The molecule has 0 bridgehead atoms. The largest absolute Gasteiger partial charge is 0.481 e. The molecule has 0 saturated heterocycles. The van der Waals surface area contributed by atoms with Crippen molar-refractivity contribution in [2.45, 2.75) is 24.8 Å². The van der Waals surface area contributed by atoms with E-state index in [-0.39, 0.29) is 0 Å². The van der Waals surface area contributed by atoms with E-state index in [0.717, 1.165) is 6.07 Å². The van der Waals surface area contributed by atoms with Gasteiger partial charge in [-0.1, -0.05) is 6.92 Å². The lowest BCUT2D eigenvalue weighted by Gasteiger charge is -2.17. The van der Waals surface area contributed by atoms with Crippen molar-refractivity contribution in [3.63, 3.8) is 0 Å². The van der Waals surface area contributed by atoms with Crippen molar-refractivity contribution in [3.05, 3.63) is 34.1 Å². The summed E-state index contributed by atoms with van der Waals surface area (Å²) in [7, 11) is -4.42. The fourth-order valence-corrected chi connectivity index (χ4v) is 2.86. The monoisotopic (exact) mass is 320 g/mol. The third-order valence-electron chi connectivity index (χ3n) is 2.90. The van der Waals surface area contributed by atoms with E-state index in [0.29, 0.717) is 12.1 Å². The highest BCUT2D eigenvalue weighted by atomic mass is 32.2. The van der Waals surface area contributed by atoms with Crippen molar-refractivity contribution in [2.75, 3.05) is 0 Å². The smallest absolute Gasteiger partial charge is 0.307 e. The molecule has 10 heteroatoms. The van der Waals surface area contributed by atoms with Crippen LogP contribution in [-0.2, 0) is 14.8 Å². The Morgan fingerprint density at radius 2 is 2.00 bits per heavy atom. The van der Waals surface area contributed by atoms with Crippen LogP contribution in [0.5, 0.6) is 0 Å². The number of hydrogen-bond acceptors (Lipinski definition) is 5. The van der Waals surface area contributed by atoms with Gasteiger partial charge in [0.1, 0.15) is 10.7 Å². The van der Waals surface area contributed by atoms with Crippen LogP contribution in [0, 0.1) is 21.8 Å². The first-order valence-electron chi connectivity index (χ1n) is 5.75. The van der Waals surface area contributed by atoms with Crippen molar-refractivity contribution >= 4 is 21.7 Å². The number of nitrogens with zero attached hydrogens (tertiary/aromatic N) is 1. The van der Waals surface area contributed by atoms with E-state index in [4.69, 9.17) is 5.11 Å². The highest BCUT2D eigenvalue weighted by Crippen LogP contribution is 2.21. The Morgan fingerprint density at radius 1 is 1.43 bits per heavy atom. The molecule has 2 unspecified atom stereocenters. The van der Waals surface area contributed by atoms with Gasteiger partial charge in [-0.3, -0.25) is 14.9 Å². The van der Waals surface area contributed by atoms with Gasteiger partial charge in [0.2, 0.25) is 10.0 Å². The number of hydrogen-bond donors (Lipinski definition) is 2. The number of sulfonamides is 1. The molecule has 0 spiro atoms. The van der Waals surface area contributed by atoms with E-state index in [1.54, 1.807) is 0 Å². The fourth-order valence-electron chi connectivity index (χ4n) is 1.44. The van der Waals surface area contributed by atoms with Crippen molar-refractivity contribution in [3.8, 4) is 0 Å². The molecule has 1 aromatic rings. The summed E-state index contributed by atoms with van der Waals surface area (Å²) in [6, 6.07) is 1.05. The van der Waals surface area contributed by atoms with E-state index >= 15 is 0 Å². The normalized spacial score (nSPS) is 14.4. The summed E-state index contributed by atoms with van der Waals surface area (Å²) in [5.74, 6) is -3.45. The summed E-state index contributed by atoms with van der Waals surface area (Å²) in [6.07, 6.45) is 0. The van der Waals surface area contributed by atoms with E-state index in [1.165, 1.54) is 13.8 Å². The van der Waals surface area contributed by atoms with Gasteiger partial charge in [0.05, 0.1) is 10.8 Å². The van der Waals surface area contributed by atoms with E-state index in [2.05, 4.69) is 0 Å². The van der Waals surface area contributed by atoms with Gasteiger partial charge in [0.25, 0.3) is 5.69 Å². The van der Waals surface area contributed by atoms with E-state index < -0.39 is 49.3 Å². The molecule has 2 N–H and O–H groups in total. The molecule has 0 fully saturated rings. The van der Waals surface area contributed by atoms with Crippen LogP contribution in [-0.4, -0.2) is 30.5 Å². The molecule has 1 aromatic carbocycles. The molecule has 0 aliphatic carbocycles. The second kappa shape index (κ2) is 6.14. The Labute approximate surface area is 119 Å². The van der Waals surface area contributed by atoms with Gasteiger partial charge in [0.15, 0.2) is 0 Å². The van der Waals surface area contributed by atoms with Crippen molar-refractivity contribution in [1.82, 2.24) is 4.72 Å². The molecule has 0 aromatic heterocycles. The summed E-state index contributed by atoms with van der Waals surface area (Å²) < 4.78 is 39.6. The number of halogens is 1. The van der Waals surface area contributed by atoms with Gasteiger partial charge >= 0.3 is 5.97 Å². The summed E-state index contributed by atoms with van der Waals surface area (Å²) in [6.45, 7) is 2.57. The molecule has 0 aliphatic rings. The molecule has 1 rings (SSSR count). The molecule has 0 amide bonds. The van der Waals surface area contributed by atoms with Gasteiger partial charge in [0, 0.05) is 18.2 Å². The minimum atomic E-state index is -4.42. The first kappa shape index (κ1) is 17.0. The van der Waals surface area contributed by atoms with Crippen molar-refractivity contribution < 1.29 is 27.6 Å². The molecular weight excluding hydrogens is 307 g/mol. The summed E-state index contributed by atoms with van der Waals surface area (Å²) in [4.78, 5) is 19.6. The third kappa shape index (κ3) is 3.95. The topological polar surface area (TPSA) is 127 Å². The van der Waals surface area contributed by atoms with Gasteiger partial charge in [-0.15, -0.1) is 0 Å². The minimum Gasteiger partial charge on any atom is -0.481 e. The molecule has 0 aliphatic heterocycles. The maximum absolute atomic E-state index is 13.6. The van der Waals surface area contributed by atoms with Crippen LogP contribution in [0.25, 0.3) is 0 Å². The average molecular weight is 320 g/mol. The van der Waals surface area contributed by atoms with Crippen LogP contribution in [0.3, 0.4) is 0 Å². The summed E-state index contributed by atoms with van der Waals surface area (Å²) >= 11 is 0. The first-order valence-corrected chi connectivity index (χ1v) is 7.23. The maximum atomic E-state index is 13.6. The highest BCUT2D eigenvalue weighted by molar-refractivity contribution is 7.89. The number of carbonyl (C=O) groups is 1. The highest BCUT2D eigenvalue weighted by Gasteiger charge is 2.28. The number of aliphatic carboxylic acids is 1. The summed E-state index contributed by atoms with van der Waals surface area (Å²) in [5, 5.41) is 19.4. The third-order valence-corrected chi connectivity index (χ3v) is 4.47. The number of non-ortho nitro benzene ring substituents is 1. The SMILES string of the molecule is CC(NS(=O)(=O)c1cc([N+](=O)[O-])ccc1F)C(C)C(=O)O. The van der Waals surface area contributed by atoms with Gasteiger partial charge in [-0.05, 0) is 13.0 Å². The van der Waals surface area contributed by atoms with Crippen molar-refractivity contribution in [2.24, 2.45) is 5.92 Å². The zero-order valence-corrected chi connectivity index (χ0v) is 11.9. The zero-order chi connectivity index (χ0) is 16.4. The first-order chi connectivity index (χ1) is 9.56. The Balaban J connectivity index is 3.16. The molecule has 0 radical (unpaired) electrons. The zero-order valence-electron chi connectivity index (χ0n) is 11.1. The number of nitro groups is 1. The number of nitrogens with one attached hydrogen (secondary N) is 1. The number of benzene rings is 1. The average Bonchev–Trinajstić information content (AvgIpc) is 2.36. The number of nitro benzene ring substituents is 1. The van der Waals surface area contributed by atoms with Crippen LogP contribution in [0.4, 0.5) is 10.1 Å². The Hall–Kier alpha value is -2.07. The second-order valence-corrected chi connectivity index (χ2v) is 6.09. The lowest BCUT2D eigenvalue weighted by atomic mass is 10.1. The standard InChI is InChI=1S/C11H13FN2O6S/c1-6(11(15)16)7(2)13-21(19,20)10-5-8(14(17)18)3-4-9(10)12/h3-7,13H,1-2H3,(H,15,16). The van der Waals surface area contributed by atoms with Gasteiger partial charge in [-0.25, -0.2) is 17.5 Å². The van der Waals surface area contributed by atoms with Gasteiger partial charge < -0.3 is 5.11 Å². The number of rotatable bonds is 6. The van der Waals surface area contributed by atoms with Crippen LogP contribution in [0.1, 0.15) is 13.8 Å². The fraction of sp³-hybridized carbons (Fsp3) is 0.364. The van der Waals surface area contributed by atoms with Gasteiger partial charge in [-0.2, -0.15) is 0 Å². The molecular formula is C11H13FN2O6S. The van der Waals surface area contributed by atoms with E-state index in [9.17, 15) is 27.7 Å². The maximum Gasteiger partial charge on any atom is 0.307 e.